The molecule has 5 nitrogen and oxygen atoms in total. The first-order valence-corrected chi connectivity index (χ1v) is 5.61. The molecule has 3 N–H and O–H groups in total. The predicted octanol–water partition coefficient (Wildman–Crippen LogP) is 0.234. The van der Waals surface area contributed by atoms with Gasteiger partial charge in [0.1, 0.15) is 6.10 Å². The monoisotopic (exact) mass is 213 g/mol. The highest BCUT2D eigenvalue weighted by molar-refractivity contribution is 5.84. The van der Waals surface area contributed by atoms with Crippen molar-refractivity contribution in [2.75, 3.05) is 26.2 Å². The molecule has 0 amide bonds. The molecule has 2 aliphatic rings. The van der Waals surface area contributed by atoms with Crippen LogP contribution in [-0.4, -0.2) is 48.3 Å². The summed E-state index contributed by atoms with van der Waals surface area (Å²) in [6.07, 6.45) is 3.84. The van der Waals surface area contributed by atoms with Crippen molar-refractivity contribution in [1.82, 2.24) is 4.90 Å². The van der Waals surface area contributed by atoms with Gasteiger partial charge in [0.15, 0.2) is 5.84 Å². The second-order valence-corrected chi connectivity index (χ2v) is 4.42. The largest absolute Gasteiger partial charge is 0.409 e. The molecule has 0 spiro atoms. The van der Waals surface area contributed by atoms with Crippen LogP contribution in [0, 0.1) is 5.92 Å². The molecule has 15 heavy (non-hydrogen) atoms. The third kappa shape index (κ3) is 3.07. The van der Waals surface area contributed by atoms with Crippen LogP contribution in [-0.2, 0) is 4.74 Å². The number of ether oxygens (including phenoxy) is 1. The van der Waals surface area contributed by atoms with Crippen molar-refractivity contribution in [3.05, 3.63) is 0 Å². The molecule has 2 rings (SSSR count). The summed E-state index contributed by atoms with van der Waals surface area (Å²) in [4.78, 5) is 2.34. The first-order valence-electron chi connectivity index (χ1n) is 5.61. The van der Waals surface area contributed by atoms with Gasteiger partial charge in [-0.2, -0.15) is 0 Å². The molecule has 5 heteroatoms. The molecule has 1 heterocycles. The zero-order valence-corrected chi connectivity index (χ0v) is 8.93. The van der Waals surface area contributed by atoms with Crippen LogP contribution >= 0.6 is 0 Å². The van der Waals surface area contributed by atoms with Crippen molar-refractivity contribution < 1.29 is 9.94 Å². The molecule has 86 valence electrons. The molecule has 1 aliphatic carbocycles. The number of hydrogen-bond acceptors (Lipinski definition) is 4. The van der Waals surface area contributed by atoms with Crippen molar-refractivity contribution in [2.24, 2.45) is 16.8 Å². The van der Waals surface area contributed by atoms with Gasteiger partial charge in [0.2, 0.25) is 0 Å². The molecule has 0 aromatic rings. The molecule has 1 aliphatic heterocycles. The standard InChI is InChI=1S/C10H19N3O2/c11-10(12-14)9-7-13(5-6-15-9)4-3-8-1-2-8/h8-9,14H,1-7H2,(H2,11,12). The number of nitrogens with two attached hydrogens (primary N) is 1. The average molecular weight is 213 g/mol. The summed E-state index contributed by atoms with van der Waals surface area (Å²) in [5, 5.41) is 11.6. The van der Waals surface area contributed by atoms with E-state index < -0.39 is 0 Å². The fourth-order valence-corrected chi connectivity index (χ4v) is 1.92. The predicted molar refractivity (Wildman–Crippen MR) is 56.9 cm³/mol. The zero-order valence-electron chi connectivity index (χ0n) is 8.93. The molecule has 1 unspecified atom stereocenters. The highest BCUT2D eigenvalue weighted by atomic mass is 16.5. The van der Waals surface area contributed by atoms with Crippen LogP contribution in [0.15, 0.2) is 5.16 Å². The lowest BCUT2D eigenvalue weighted by atomic mass is 10.2. The van der Waals surface area contributed by atoms with Gasteiger partial charge in [0.05, 0.1) is 6.61 Å². The molecule has 0 aromatic heterocycles. The first kappa shape index (κ1) is 10.7. The van der Waals surface area contributed by atoms with Gasteiger partial charge in [0, 0.05) is 13.1 Å². The van der Waals surface area contributed by atoms with Crippen LogP contribution in [0.4, 0.5) is 0 Å². The van der Waals surface area contributed by atoms with Crippen LogP contribution < -0.4 is 5.73 Å². The van der Waals surface area contributed by atoms with E-state index in [-0.39, 0.29) is 11.9 Å². The summed E-state index contributed by atoms with van der Waals surface area (Å²) < 4.78 is 5.43. The van der Waals surface area contributed by atoms with Gasteiger partial charge in [-0.05, 0) is 18.9 Å². The van der Waals surface area contributed by atoms with E-state index in [2.05, 4.69) is 10.1 Å². The van der Waals surface area contributed by atoms with E-state index in [0.29, 0.717) is 6.61 Å². The zero-order chi connectivity index (χ0) is 10.7. The van der Waals surface area contributed by atoms with E-state index in [1.165, 1.54) is 19.3 Å². The van der Waals surface area contributed by atoms with Gasteiger partial charge >= 0.3 is 0 Å². The molecular formula is C10H19N3O2. The molecule has 1 atom stereocenters. The van der Waals surface area contributed by atoms with E-state index in [1.807, 2.05) is 0 Å². The topological polar surface area (TPSA) is 71.1 Å². The minimum absolute atomic E-state index is 0.186. The molecule has 0 bridgehead atoms. The van der Waals surface area contributed by atoms with Crippen LogP contribution in [0.1, 0.15) is 19.3 Å². The van der Waals surface area contributed by atoms with Crippen molar-refractivity contribution >= 4 is 5.84 Å². The molecule has 1 saturated carbocycles. The minimum atomic E-state index is -0.233. The van der Waals surface area contributed by atoms with Gasteiger partial charge < -0.3 is 15.7 Å². The highest BCUT2D eigenvalue weighted by Gasteiger charge is 2.26. The number of amidine groups is 1. The van der Waals surface area contributed by atoms with E-state index in [4.69, 9.17) is 15.7 Å². The quantitative estimate of drug-likeness (QED) is 0.303. The van der Waals surface area contributed by atoms with Gasteiger partial charge in [-0.3, -0.25) is 4.90 Å². The summed E-state index contributed by atoms with van der Waals surface area (Å²) >= 11 is 0. The Hall–Kier alpha value is -0.810. The first-order chi connectivity index (χ1) is 7.29. The third-order valence-corrected chi connectivity index (χ3v) is 3.15. The summed E-state index contributed by atoms with van der Waals surface area (Å²) in [6, 6.07) is 0. The number of morpholine rings is 1. The smallest absolute Gasteiger partial charge is 0.169 e. The maximum atomic E-state index is 8.57. The lowest BCUT2D eigenvalue weighted by Gasteiger charge is -2.32. The van der Waals surface area contributed by atoms with Gasteiger partial charge in [-0.15, -0.1) is 0 Å². The Labute approximate surface area is 89.9 Å². The van der Waals surface area contributed by atoms with Crippen LogP contribution in [0.25, 0.3) is 0 Å². The number of nitrogens with zero attached hydrogens (tertiary/aromatic N) is 2. The highest BCUT2D eigenvalue weighted by Crippen LogP contribution is 2.32. The van der Waals surface area contributed by atoms with Crippen LogP contribution in [0.2, 0.25) is 0 Å². The normalized spacial score (nSPS) is 29.3. The fourth-order valence-electron chi connectivity index (χ4n) is 1.92. The van der Waals surface area contributed by atoms with E-state index >= 15 is 0 Å². The molecule has 2 fully saturated rings. The van der Waals surface area contributed by atoms with Gasteiger partial charge in [0.25, 0.3) is 0 Å². The second kappa shape index (κ2) is 4.81. The molecule has 0 aromatic carbocycles. The Morgan fingerprint density at radius 2 is 2.33 bits per heavy atom. The van der Waals surface area contributed by atoms with Crippen molar-refractivity contribution in [3.63, 3.8) is 0 Å². The molecule has 1 saturated heterocycles. The van der Waals surface area contributed by atoms with E-state index in [9.17, 15) is 0 Å². The Morgan fingerprint density at radius 3 is 3.00 bits per heavy atom. The van der Waals surface area contributed by atoms with Gasteiger partial charge in [-0.1, -0.05) is 18.0 Å². The second-order valence-electron chi connectivity index (χ2n) is 4.42. The fraction of sp³-hybridized carbons (Fsp3) is 0.900. The summed E-state index contributed by atoms with van der Waals surface area (Å²) in [7, 11) is 0. The third-order valence-electron chi connectivity index (χ3n) is 3.15. The average Bonchev–Trinajstić information content (AvgIpc) is 3.09. The number of hydrogen-bond donors (Lipinski definition) is 2. The lowest BCUT2D eigenvalue weighted by Crippen LogP contribution is -2.48. The number of rotatable bonds is 4. The van der Waals surface area contributed by atoms with Crippen molar-refractivity contribution in [1.29, 1.82) is 0 Å². The van der Waals surface area contributed by atoms with Crippen molar-refractivity contribution in [2.45, 2.75) is 25.4 Å². The summed E-state index contributed by atoms with van der Waals surface area (Å²) in [5.74, 6) is 1.14. The Kier molecular flexibility index (Phi) is 3.43. The Balaban J connectivity index is 1.75. The van der Waals surface area contributed by atoms with Crippen molar-refractivity contribution in [3.8, 4) is 0 Å². The Morgan fingerprint density at radius 1 is 1.53 bits per heavy atom. The molecule has 0 radical (unpaired) electrons. The van der Waals surface area contributed by atoms with E-state index in [1.54, 1.807) is 0 Å². The number of oxime groups is 1. The molecular weight excluding hydrogens is 194 g/mol. The Bertz CT molecular complexity index is 241. The van der Waals surface area contributed by atoms with Crippen LogP contribution in [0.3, 0.4) is 0 Å². The summed E-state index contributed by atoms with van der Waals surface area (Å²) in [5.41, 5.74) is 5.53. The SMILES string of the molecule is NC(=NO)C1CN(CCC2CC2)CCO1. The van der Waals surface area contributed by atoms with E-state index in [0.717, 1.165) is 25.6 Å². The van der Waals surface area contributed by atoms with Gasteiger partial charge in [-0.25, -0.2) is 0 Å². The minimum Gasteiger partial charge on any atom is -0.409 e. The maximum Gasteiger partial charge on any atom is 0.169 e. The maximum absolute atomic E-state index is 8.57. The van der Waals surface area contributed by atoms with Crippen LogP contribution in [0.5, 0.6) is 0 Å². The lowest BCUT2D eigenvalue weighted by molar-refractivity contribution is 0.00386. The summed E-state index contributed by atoms with van der Waals surface area (Å²) in [6.45, 7) is 3.50.